The Hall–Kier alpha value is -3.15. The molecule has 1 saturated carbocycles. The molecule has 0 aliphatic heterocycles. The molecule has 1 heterocycles. The minimum atomic E-state index is -0.332. The number of amides is 1. The predicted octanol–water partition coefficient (Wildman–Crippen LogP) is 4.20. The van der Waals surface area contributed by atoms with Gasteiger partial charge in [-0.05, 0) is 49.6 Å². The summed E-state index contributed by atoms with van der Waals surface area (Å²) in [6.07, 6.45) is 3.72. The Morgan fingerprint density at radius 3 is 2.75 bits per heavy atom. The van der Waals surface area contributed by atoms with E-state index in [1.54, 1.807) is 12.3 Å². The summed E-state index contributed by atoms with van der Waals surface area (Å²) in [6.45, 7) is 2.06. The van der Waals surface area contributed by atoms with Crippen LogP contribution in [0, 0.1) is 5.82 Å². The Kier molecular flexibility index (Phi) is 5.10. The van der Waals surface area contributed by atoms with E-state index in [1.165, 1.54) is 6.07 Å². The lowest BCUT2D eigenvalue weighted by molar-refractivity contribution is -0.123. The number of hydrogen-bond donors (Lipinski definition) is 2. The molecule has 1 atom stereocenters. The van der Waals surface area contributed by atoms with Crippen LogP contribution in [-0.2, 0) is 4.79 Å². The molecular formula is C22H22FN3O2. The third kappa shape index (κ3) is 4.22. The van der Waals surface area contributed by atoms with E-state index in [-0.39, 0.29) is 24.4 Å². The maximum Gasteiger partial charge on any atom is 0.258 e. The summed E-state index contributed by atoms with van der Waals surface area (Å²) in [5.74, 6) is 0.234. The van der Waals surface area contributed by atoms with Crippen LogP contribution in [0.25, 0.3) is 10.9 Å². The van der Waals surface area contributed by atoms with Gasteiger partial charge in [0.25, 0.3) is 5.91 Å². The van der Waals surface area contributed by atoms with Crippen molar-refractivity contribution in [2.45, 2.75) is 31.8 Å². The number of pyridine rings is 1. The quantitative estimate of drug-likeness (QED) is 0.646. The molecule has 28 heavy (non-hydrogen) atoms. The molecular weight excluding hydrogens is 357 g/mol. The highest BCUT2D eigenvalue weighted by atomic mass is 19.1. The number of nitrogens with one attached hydrogen (secondary N) is 2. The van der Waals surface area contributed by atoms with Crippen molar-refractivity contribution in [1.29, 1.82) is 0 Å². The lowest BCUT2D eigenvalue weighted by Gasteiger charge is -2.17. The highest BCUT2D eigenvalue weighted by Crippen LogP contribution is 2.28. The first-order chi connectivity index (χ1) is 13.6. The fraction of sp³-hybridized carbons (Fsp3) is 0.273. The summed E-state index contributed by atoms with van der Waals surface area (Å²) in [5.41, 5.74) is 2.23. The van der Waals surface area contributed by atoms with E-state index in [0.717, 1.165) is 29.5 Å². The number of para-hydroxylation sites is 1. The molecule has 0 bridgehead atoms. The molecule has 0 spiro atoms. The number of benzene rings is 2. The summed E-state index contributed by atoms with van der Waals surface area (Å²) < 4.78 is 19.5. The van der Waals surface area contributed by atoms with Crippen LogP contribution in [0.15, 0.2) is 54.7 Å². The molecule has 1 amide bonds. The van der Waals surface area contributed by atoms with Crippen LogP contribution >= 0.6 is 0 Å². The van der Waals surface area contributed by atoms with E-state index in [0.29, 0.717) is 17.3 Å². The second-order valence-corrected chi connectivity index (χ2v) is 7.06. The highest BCUT2D eigenvalue weighted by Gasteiger charge is 2.23. The van der Waals surface area contributed by atoms with Crippen LogP contribution in [0.4, 0.5) is 10.1 Å². The van der Waals surface area contributed by atoms with Gasteiger partial charge in [0.15, 0.2) is 6.61 Å². The molecule has 2 N–H and O–H groups in total. The minimum Gasteiger partial charge on any atom is -0.484 e. The normalized spacial score (nSPS) is 14.5. The van der Waals surface area contributed by atoms with Crippen molar-refractivity contribution in [2.24, 2.45) is 0 Å². The smallest absolute Gasteiger partial charge is 0.258 e. The lowest BCUT2D eigenvalue weighted by Crippen LogP contribution is -2.30. The Morgan fingerprint density at radius 2 is 2.00 bits per heavy atom. The molecule has 1 fully saturated rings. The summed E-state index contributed by atoms with van der Waals surface area (Å²) >= 11 is 0. The Bertz CT molecular complexity index is 987. The van der Waals surface area contributed by atoms with Crippen molar-refractivity contribution >= 4 is 22.5 Å². The molecule has 6 heteroatoms. The second kappa shape index (κ2) is 7.84. The van der Waals surface area contributed by atoms with Gasteiger partial charge in [-0.3, -0.25) is 9.78 Å². The van der Waals surface area contributed by atoms with Gasteiger partial charge in [0.1, 0.15) is 17.1 Å². The van der Waals surface area contributed by atoms with Crippen molar-refractivity contribution < 1.29 is 13.9 Å². The van der Waals surface area contributed by atoms with Crippen molar-refractivity contribution in [3.63, 3.8) is 0 Å². The monoisotopic (exact) mass is 379 g/mol. The summed E-state index contributed by atoms with van der Waals surface area (Å²) in [6, 6.07) is 14.7. The molecule has 1 aromatic heterocycles. The Morgan fingerprint density at radius 1 is 1.21 bits per heavy atom. The zero-order valence-electron chi connectivity index (χ0n) is 15.6. The molecule has 144 valence electrons. The first-order valence-corrected chi connectivity index (χ1v) is 9.42. The Balaban J connectivity index is 1.40. The number of rotatable bonds is 7. The van der Waals surface area contributed by atoms with Crippen molar-refractivity contribution in [2.75, 3.05) is 11.9 Å². The molecule has 5 nitrogen and oxygen atoms in total. The van der Waals surface area contributed by atoms with E-state index < -0.39 is 0 Å². The maximum atomic E-state index is 13.9. The van der Waals surface area contributed by atoms with Gasteiger partial charge in [-0.1, -0.05) is 24.3 Å². The summed E-state index contributed by atoms with van der Waals surface area (Å²) in [4.78, 5) is 15.8. The molecule has 4 rings (SSSR count). The van der Waals surface area contributed by atoms with E-state index in [1.807, 2.05) is 43.3 Å². The summed E-state index contributed by atoms with van der Waals surface area (Å²) in [7, 11) is 0. The third-order valence-corrected chi connectivity index (χ3v) is 4.79. The number of carbonyl (C=O) groups is 1. The van der Waals surface area contributed by atoms with Gasteiger partial charge in [0.05, 0.1) is 0 Å². The third-order valence-electron chi connectivity index (χ3n) is 4.79. The van der Waals surface area contributed by atoms with Crippen LogP contribution in [0.5, 0.6) is 5.75 Å². The fourth-order valence-corrected chi connectivity index (χ4v) is 3.08. The van der Waals surface area contributed by atoms with Gasteiger partial charge in [-0.15, -0.1) is 0 Å². The first-order valence-electron chi connectivity index (χ1n) is 9.42. The average Bonchev–Trinajstić information content (AvgIpc) is 3.51. The molecule has 0 radical (unpaired) electrons. The number of ether oxygens (including phenoxy) is 1. The Labute approximate surface area is 162 Å². The van der Waals surface area contributed by atoms with Gasteiger partial charge in [0.2, 0.25) is 0 Å². The number of aromatic nitrogens is 1. The molecule has 1 aliphatic rings. The lowest BCUT2D eigenvalue weighted by atomic mass is 10.1. The second-order valence-electron chi connectivity index (χ2n) is 7.06. The zero-order valence-corrected chi connectivity index (χ0v) is 15.6. The highest BCUT2D eigenvalue weighted by molar-refractivity contribution is 5.91. The van der Waals surface area contributed by atoms with E-state index in [2.05, 4.69) is 15.6 Å². The van der Waals surface area contributed by atoms with Crippen LogP contribution in [0.3, 0.4) is 0 Å². The van der Waals surface area contributed by atoms with Gasteiger partial charge >= 0.3 is 0 Å². The summed E-state index contributed by atoms with van der Waals surface area (Å²) in [5, 5.41) is 7.06. The number of carbonyl (C=O) groups excluding carboxylic acids is 1. The van der Waals surface area contributed by atoms with Gasteiger partial charge in [-0.25, -0.2) is 4.39 Å². The zero-order chi connectivity index (χ0) is 19.5. The minimum absolute atomic E-state index is 0.00100. The standard InChI is InChI=1S/C22H22FN3O2/c1-14(25-20-11-12-24-22-18(20)3-2-4-19(22)23)15-5-9-17(10-6-15)28-13-21(27)26-16-7-8-16/h2-6,9-12,14,16H,7-8,13H2,1H3,(H,24,25)(H,26,27)/t14-/m0/s1. The molecule has 0 saturated heterocycles. The predicted molar refractivity (Wildman–Crippen MR) is 107 cm³/mol. The molecule has 3 aromatic rings. The van der Waals surface area contributed by atoms with Gasteiger partial charge < -0.3 is 15.4 Å². The SMILES string of the molecule is C[C@H](Nc1ccnc2c(F)cccc12)c1ccc(OCC(=O)NC2CC2)cc1. The fourth-order valence-electron chi connectivity index (χ4n) is 3.08. The van der Waals surface area contributed by atoms with Gasteiger partial charge in [-0.2, -0.15) is 0 Å². The largest absolute Gasteiger partial charge is 0.484 e. The number of fused-ring (bicyclic) bond motifs is 1. The van der Waals surface area contributed by atoms with Crippen LogP contribution in [0.2, 0.25) is 0 Å². The van der Waals surface area contributed by atoms with Crippen molar-refractivity contribution in [3.8, 4) is 5.75 Å². The number of nitrogens with zero attached hydrogens (tertiary/aromatic N) is 1. The van der Waals surface area contributed by atoms with Crippen LogP contribution in [0.1, 0.15) is 31.4 Å². The van der Waals surface area contributed by atoms with E-state index in [9.17, 15) is 9.18 Å². The topological polar surface area (TPSA) is 63.3 Å². The molecule has 2 aromatic carbocycles. The van der Waals surface area contributed by atoms with Crippen LogP contribution < -0.4 is 15.4 Å². The van der Waals surface area contributed by atoms with E-state index >= 15 is 0 Å². The van der Waals surface area contributed by atoms with Crippen molar-refractivity contribution in [1.82, 2.24) is 10.3 Å². The molecule has 0 unspecified atom stereocenters. The number of halogens is 1. The maximum absolute atomic E-state index is 13.9. The van der Waals surface area contributed by atoms with Gasteiger partial charge in [0, 0.05) is 29.4 Å². The van der Waals surface area contributed by atoms with E-state index in [4.69, 9.17) is 4.74 Å². The molecule has 1 aliphatic carbocycles. The van der Waals surface area contributed by atoms with Crippen molar-refractivity contribution in [3.05, 3.63) is 66.1 Å². The average molecular weight is 379 g/mol. The first kappa shape index (κ1) is 18.2. The number of anilines is 1. The van der Waals surface area contributed by atoms with Crippen LogP contribution in [-0.4, -0.2) is 23.5 Å². The number of hydrogen-bond acceptors (Lipinski definition) is 4.